The van der Waals surface area contributed by atoms with E-state index >= 15 is 0 Å². The third-order valence-corrected chi connectivity index (χ3v) is 2.63. The molecule has 0 saturated heterocycles. The van der Waals surface area contributed by atoms with Gasteiger partial charge in [0.25, 0.3) is 0 Å². The summed E-state index contributed by atoms with van der Waals surface area (Å²) < 4.78 is 172. The Bertz CT molecular complexity index is 398. The summed E-state index contributed by atoms with van der Waals surface area (Å²) in [6, 6.07) is 0. The predicted molar refractivity (Wildman–Crippen MR) is 41.1 cm³/mol. The van der Waals surface area contributed by atoms with Gasteiger partial charge < -0.3 is 0 Å². The maximum Gasteiger partial charge on any atom is 0.460 e. The summed E-state index contributed by atoms with van der Waals surface area (Å²) in [5.41, 5.74) is 0. The first kappa shape index (κ1) is 21.0. The van der Waals surface area contributed by atoms with Gasteiger partial charge in [-0.25, -0.2) is 0 Å². The largest absolute Gasteiger partial charge is 0.460 e. The highest BCUT2D eigenvalue weighted by atomic mass is 19.4. The zero-order valence-electron chi connectivity index (χ0n) is 9.87. The van der Waals surface area contributed by atoms with Crippen LogP contribution in [0.4, 0.5) is 61.5 Å². The van der Waals surface area contributed by atoms with Crippen molar-refractivity contribution in [3.05, 3.63) is 0 Å². The second-order valence-electron chi connectivity index (χ2n) is 4.11. The van der Waals surface area contributed by atoms with Gasteiger partial charge in [-0.3, -0.25) is 0 Å². The van der Waals surface area contributed by atoms with E-state index in [4.69, 9.17) is 0 Å². The van der Waals surface area contributed by atoms with E-state index in [2.05, 4.69) is 0 Å². The van der Waals surface area contributed by atoms with Gasteiger partial charge in [-0.2, -0.15) is 61.5 Å². The molecule has 14 heteroatoms. The normalized spacial score (nSPS) is 17.6. The van der Waals surface area contributed by atoms with Crippen molar-refractivity contribution in [1.82, 2.24) is 0 Å². The molecule has 0 aliphatic carbocycles. The van der Waals surface area contributed by atoms with Crippen molar-refractivity contribution in [2.45, 2.75) is 43.0 Å². The molecule has 1 unspecified atom stereocenters. The van der Waals surface area contributed by atoms with Crippen molar-refractivity contribution >= 4 is 0 Å². The van der Waals surface area contributed by atoms with Crippen LogP contribution in [0.25, 0.3) is 0 Å². The molecule has 0 N–H and O–H groups in total. The van der Waals surface area contributed by atoms with Gasteiger partial charge in [-0.05, 0) is 0 Å². The lowest BCUT2D eigenvalue weighted by atomic mass is 9.88. The minimum Gasteiger partial charge on any atom is -0.199 e. The molecule has 0 fully saturated rings. The molecule has 0 aromatic carbocycles. The van der Waals surface area contributed by atoms with E-state index in [0.717, 1.165) is 0 Å². The zero-order valence-corrected chi connectivity index (χ0v) is 9.87. The molecule has 0 heterocycles. The van der Waals surface area contributed by atoms with Crippen LogP contribution in [-0.2, 0) is 0 Å². The number of halogens is 14. The van der Waals surface area contributed by atoms with E-state index in [1.807, 2.05) is 0 Å². The summed E-state index contributed by atoms with van der Waals surface area (Å²) in [6.45, 7) is -0.923. The van der Waals surface area contributed by atoms with Crippen molar-refractivity contribution in [2.24, 2.45) is 5.92 Å². The van der Waals surface area contributed by atoms with Crippen LogP contribution < -0.4 is 0 Å². The minimum atomic E-state index is -7.55. The van der Waals surface area contributed by atoms with Crippen LogP contribution in [0.3, 0.4) is 0 Å². The van der Waals surface area contributed by atoms with Crippen molar-refractivity contribution in [3.63, 3.8) is 0 Å². The Labute approximate surface area is 112 Å². The summed E-state index contributed by atoms with van der Waals surface area (Å²) in [6.07, 6.45) is -14.2. The molecule has 134 valence electrons. The summed E-state index contributed by atoms with van der Waals surface area (Å²) in [7, 11) is 0. The number of alkyl halides is 14. The van der Waals surface area contributed by atoms with E-state index in [-0.39, 0.29) is 0 Å². The molecule has 0 nitrogen and oxygen atoms in total. The molecule has 0 saturated carbocycles. The molecule has 0 radical (unpaired) electrons. The fourth-order valence-electron chi connectivity index (χ4n) is 1.13. The molecule has 0 aromatic heterocycles. The lowest BCUT2D eigenvalue weighted by Gasteiger charge is -2.39. The van der Waals surface area contributed by atoms with Crippen molar-refractivity contribution < 1.29 is 61.5 Å². The van der Waals surface area contributed by atoms with Crippen molar-refractivity contribution in [2.75, 3.05) is 0 Å². The van der Waals surface area contributed by atoms with Gasteiger partial charge in [0.1, 0.15) is 0 Å². The second-order valence-corrected chi connectivity index (χ2v) is 4.11. The Hall–Kier alpha value is -0.980. The minimum absolute atomic E-state index is 0.923. The zero-order chi connectivity index (χ0) is 18.6. The molecule has 0 amide bonds. The topological polar surface area (TPSA) is 0 Å². The summed E-state index contributed by atoms with van der Waals surface area (Å²) in [4.78, 5) is 0. The van der Waals surface area contributed by atoms with E-state index in [1.165, 1.54) is 0 Å². The summed E-state index contributed by atoms with van der Waals surface area (Å²) in [5.74, 6) is -33.7. The lowest BCUT2D eigenvalue weighted by Crippen LogP contribution is -2.66. The highest BCUT2D eigenvalue weighted by molar-refractivity contribution is 5.05. The van der Waals surface area contributed by atoms with E-state index < -0.39 is 48.9 Å². The van der Waals surface area contributed by atoms with Gasteiger partial charge in [0.15, 0.2) is 0 Å². The molecule has 0 bridgehead atoms. The number of rotatable bonds is 4. The van der Waals surface area contributed by atoms with Crippen molar-refractivity contribution in [3.8, 4) is 0 Å². The van der Waals surface area contributed by atoms with E-state index in [1.54, 1.807) is 0 Å². The smallest absolute Gasteiger partial charge is 0.199 e. The van der Waals surface area contributed by atoms with E-state index in [0.29, 0.717) is 0 Å². The van der Waals surface area contributed by atoms with Crippen LogP contribution in [0, 0.1) is 5.92 Å². The van der Waals surface area contributed by atoms with E-state index in [9.17, 15) is 61.5 Å². The van der Waals surface area contributed by atoms with Gasteiger partial charge in [-0.15, -0.1) is 0 Å². The Morgan fingerprint density at radius 2 is 0.773 bits per heavy atom. The summed E-state index contributed by atoms with van der Waals surface area (Å²) in [5, 5.41) is 0. The van der Waals surface area contributed by atoms with Gasteiger partial charge in [0.05, 0.1) is 5.92 Å². The Kier molecular flexibility index (Phi) is 4.79. The van der Waals surface area contributed by atoms with Crippen LogP contribution in [0.5, 0.6) is 0 Å². The van der Waals surface area contributed by atoms with Crippen LogP contribution in [0.15, 0.2) is 0 Å². The summed E-state index contributed by atoms with van der Waals surface area (Å²) >= 11 is 0. The maximum absolute atomic E-state index is 12.9. The van der Waals surface area contributed by atoms with Crippen LogP contribution in [0.2, 0.25) is 0 Å². The highest BCUT2D eigenvalue weighted by Crippen LogP contribution is 2.58. The predicted octanol–water partition coefficient (Wildman–Crippen LogP) is 5.29. The molecular weight excluding hydrogens is 362 g/mol. The number of hydrogen-bond acceptors (Lipinski definition) is 0. The van der Waals surface area contributed by atoms with Gasteiger partial charge in [-0.1, -0.05) is 6.92 Å². The Morgan fingerprint density at radius 1 is 0.455 bits per heavy atom. The van der Waals surface area contributed by atoms with Gasteiger partial charge >= 0.3 is 36.0 Å². The maximum atomic E-state index is 12.9. The standard InChI is InChI=1S/C8H4F14/c1-2(4(11,12)7(17,18)19)3(9,10)5(13,14)6(15,16)8(20,21)22/h2H,1H3. The second kappa shape index (κ2) is 5.01. The average molecular weight is 366 g/mol. The fraction of sp³-hybridized carbons (Fsp3) is 1.00. The first-order valence-electron chi connectivity index (χ1n) is 4.80. The molecule has 22 heavy (non-hydrogen) atoms. The first-order valence-corrected chi connectivity index (χ1v) is 4.80. The molecular formula is C8H4F14. The first-order chi connectivity index (χ1) is 9.15. The SMILES string of the molecule is CC(C(F)(F)C(F)(F)F)C(F)(F)C(F)(F)C(F)(F)C(F)(F)F. The Morgan fingerprint density at radius 3 is 1.00 bits per heavy atom. The molecule has 0 spiro atoms. The molecule has 0 aliphatic heterocycles. The van der Waals surface area contributed by atoms with Gasteiger partial charge in [0.2, 0.25) is 0 Å². The Balaban J connectivity index is 6.03. The lowest BCUT2D eigenvalue weighted by molar-refractivity contribution is -0.419. The molecule has 0 rings (SSSR count). The van der Waals surface area contributed by atoms with Crippen LogP contribution in [-0.4, -0.2) is 36.0 Å². The quantitative estimate of drug-likeness (QED) is 0.594. The number of hydrogen-bond donors (Lipinski definition) is 0. The van der Waals surface area contributed by atoms with Crippen LogP contribution >= 0.6 is 0 Å². The third kappa shape index (κ3) is 2.79. The molecule has 0 aliphatic rings. The monoisotopic (exact) mass is 366 g/mol. The molecule has 0 aromatic rings. The average Bonchev–Trinajstić information content (AvgIpc) is 2.24. The van der Waals surface area contributed by atoms with Gasteiger partial charge in [0, 0.05) is 0 Å². The highest BCUT2D eigenvalue weighted by Gasteiger charge is 2.85. The van der Waals surface area contributed by atoms with Crippen molar-refractivity contribution in [1.29, 1.82) is 0 Å². The third-order valence-electron chi connectivity index (χ3n) is 2.63. The fourth-order valence-corrected chi connectivity index (χ4v) is 1.13. The van der Waals surface area contributed by atoms with Crippen LogP contribution in [0.1, 0.15) is 6.92 Å². The molecule has 1 atom stereocenters.